The van der Waals surface area contributed by atoms with Gasteiger partial charge < -0.3 is 15.0 Å². The second-order valence-electron chi connectivity index (χ2n) is 5.69. The molecule has 5 nitrogen and oxygen atoms in total. The molecule has 1 heterocycles. The molecule has 1 N–H and O–H groups in total. The van der Waals surface area contributed by atoms with Crippen molar-refractivity contribution in [2.75, 3.05) is 26.1 Å². The summed E-state index contributed by atoms with van der Waals surface area (Å²) in [6.07, 6.45) is 2.33. The van der Waals surface area contributed by atoms with E-state index in [0.717, 1.165) is 24.2 Å². The van der Waals surface area contributed by atoms with Crippen molar-refractivity contribution in [1.82, 2.24) is 10.2 Å². The van der Waals surface area contributed by atoms with Crippen LogP contribution in [0.4, 0.5) is 0 Å². The smallest absolute Gasteiger partial charge is 0.226 e. The minimum Gasteiger partial charge on any atom is -0.497 e. The largest absolute Gasteiger partial charge is 0.497 e. The molecule has 0 aliphatic carbocycles. The molecule has 0 unspecified atom stereocenters. The molecule has 0 atom stereocenters. The molecule has 126 valence electrons. The molecule has 1 aliphatic rings. The third-order valence-corrected chi connectivity index (χ3v) is 4.24. The van der Waals surface area contributed by atoms with Crippen molar-refractivity contribution in [2.24, 2.45) is 0 Å². The summed E-state index contributed by atoms with van der Waals surface area (Å²) >= 11 is 5.55. The van der Waals surface area contributed by atoms with Crippen molar-refractivity contribution >= 4 is 23.4 Å². The van der Waals surface area contributed by atoms with Gasteiger partial charge in [-0.1, -0.05) is 12.1 Å². The highest BCUT2D eigenvalue weighted by atomic mass is 35.5. The number of carbonyl (C=O) groups excluding carboxylic acids is 2. The van der Waals surface area contributed by atoms with Gasteiger partial charge in [0.2, 0.25) is 11.8 Å². The highest BCUT2D eigenvalue weighted by Gasteiger charge is 2.23. The maximum absolute atomic E-state index is 12.3. The van der Waals surface area contributed by atoms with E-state index >= 15 is 0 Å². The van der Waals surface area contributed by atoms with E-state index in [4.69, 9.17) is 16.3 Å². The highest BCUT2D eigenvalue weighted by Crippen LogP contribution is 2.15. The predicted octanol–water partition coefficient (Wildman–Crippen LogP) is 1.97. The molecule has 1 aliphatic heterocycles. The molecule has 0 radical (unpaired) electrons. The Balaban J connectivity index is 1.77. The number of hydrogen-bond donors (Lipinski definition) is 1. The molecule has 2 rings (SSSR count). The molecule has 1 saturated heterocycles. The van der Waals surface area contributed by atoms with Gasteiger partial charge in [0.25, 0.3) is 0 Å². The Morgan fingerprint density at radius 3 is 2.48 bits per heavy atom. The van der Waals surface area contributed by atoms with E-state index < -0.39 is 0 Å². The normalized spacial score (nSPS) is 15.3. The molecular formula is C17H23ClN2O3. The van der Waals surface area contributed by atoms with Gasteiger partial charge in [0.15, 0.2) is 0 Å². The summed E-state index contributed by atoms with van der Waals surface area (Å²) < 4.78 is 5.11. The average Bonchev–Trinajstić information content (AvgIpc) is 2.56. The molecular weight excluding hydrogens is 316 g/mol. The van der Waals surface area contributed by atoms with Gasteiger partial charge in [-0.2, -0.15) is 0 Å². The number of hydrogen-bond acceptors (Lipinski definition) is 3. The van der Waals surface area contributed by atoms with Crippen molar-refractivity contribution in [3.05, 3.63) is 29.8 Å². The number of ether oxygens (including phenoxy) is 1. The lowest BCUT2D eigenvalue weighted by molar-refractivity contribution is -0.131. The van der Waals surface area contributed by atoms with Gasteiger partial charge in [0.05, 0.1) is 13.5 Å². The van der Waals surface area contributed by atoms with Gasteiger partial charge in [-0.05, 0) is 30.5 Å². The first-order chi connectivity index (χ1) is 11.1. The van der Waals surface area contributed by atoms with Crippen molar-refractivity contribution in [1.29, 1.82) is 0 Å². The molecule has 0 spiro atoms. The SMILES string of the molecule is COc1ccc(CC(=O)N2CCC(NC(=O)CCCl)CC2)cc1. The lowest BCUT2D eigenvalue weighted by atomic mass is 10.0. The van der Waals surface area contributed by atoms with Crippen LogP contribution < -0.4 is 10.1 Å². The van der Waals surface area contributed by atoms with Crippen molar-refractivity contribution in [3.8, 4) is 5.75 Å². The topological polar surface area (TPSA) is 58.6 Å². The van der Waals surface area contributed by atoms with E-state index in [1.165, 1.54) is 0 Å². The first-order valence-corrected chi connectivity index (χ1v) is 8.42. The predicted molar refractivity (Wildman–Crippen MR) is 89.8 cm³/mol. The minimum atomic E-state index is -0.0111. The molecule has 1 aromatic carbocycles. The number of carbonyl (C=O) groups is 2. The maximum Gasteiger partial charge on any atom is 0.226 e. The van der Waals surface area contributed by atoms with Gasteiger partial charge in [0, 0.05) is 31.4 Å². The Morgan fingerprint density at radius 2 is 1.91 bits per heavy atom. The number of nitrogens with one attached hydrogen (secondary N) is 1. The zero-order valence-corrected chi connectivity index (χ0v) is 14.1. The first kappa shape index (κ1) is 17.6. The van der Waals surface area contributed by atoms with E-state index in [-0.39, 0.29) is 17.9 Å². The van der Waals surface area contributed by atoms with Gasteiger partial charge in [-0.3, -0.25) is 9.59 Å². The number of rotatable bonds is 6. The van der Waals surface area contributed by atoms with Crippen molar-refractivity contribution in [2.45, 2.75) is 31.7 Å². The molecule has 6 heteroatoms. The Labute approximate surface area is 141 Å². The van der Waals surface area contributed by atoms with E-state index in [1.54, 1.807) is 7.11 Å². The number of alkyl halides is 1. The fraction of sp³-hybridized carbons (Fsp3) is 0.529. The fourth-order valence-corrected chi connectivity index (χ4v) is 2.86. The third kappa shape index (κ3) is 5.43. The summed E-state index contributed by atoms with van der Waals surface area (Å²) in [7, 11) is 1.62. The van der Waals surface area contributed by atoms with Crippen LogP contribution >= 0.6 is 11.6 Å². The molecule has 2 amide bonds. The summed E-state index contributed by atoms with van der Waals surface area (Å²) in [5.41, 5.74) is 0.980. The van der Waals surface area contributed by atoms with E-state index in [9.17, 15) is 9.59 Å². The van der Waals surface area contributed by atoms with E-state index in [2.05, 4.69) is 5.32 Å². The lowest BCUT2D eigenvalue weighted by Crippen LogP contribution is -2.47. The second-order valence-corrected chi connectivity index (χ2v) is 6.06. The second kappa shape index (κ2) is 8.77. The van der Waals surface area contributed by atoms with Crippen molar-refractivity contribution in [3.63, 3.8) is 0 Å². The van der Waals surface area contributed by atoms with Gasteiger partial charge >= 0.3 is 0 Å². The Kier molecular flexibility index (Phi) is 6.71. The number of nitrogens with zero attached hydrogens (tertiary/aromatic N) is 1. The quantitative estimate of drug-likeness (QED) is 0.807. The molecule has 0 bridgehead atoms. The number of amides is 2. The lowest BCUT2D eigenvalue weighted by Gasteiger charge is -2.32. The van der Waals surface area contributed by atoms with Crippen LogP contribution in [0, 0.1) is 0 Å². The van der Waals surface area contributed by atoms with Crippen LogP contribution in [-0.4, -0.2) is 48.8 Å². The van der Waals surface area contributed by atoms with Crippen LogP contribution in [0.15, 0.2) is 24.3 Å². The van der Waals surface area contributed by atoms with E-state index in [1.807, 2.05) is 29.2 Å². The van der Waals surface area contributed by atoms with Gasteiger partial charge in [-0.15, -0.1) is 11.6 Å². The number of likely N-dealkylation sites (tertiary alicyclic amines) is 1. The van der Waals surface area contributed by atoms with Crippen LogP contribution in [0.25, 0.3) is 0 Å². The zero-order valence-electron chi connectivity index (χ0n) is 13.4. The molecule has 0 aromatic heterocycles. The molecule has 0 saturated carbocycles. The van der Waals surface area contributed by atoms with Gasteiger partial charge in [-0.25, -0.2) is 0 Å². The fourth-order valence-electron chi connectivity index (χ4n) is 2.69. The standard InChI is InChI=1S/C17H23ClN2O3/c1-23-15-4-2-13(3-5-15)12-17(22)20-10-7-14(8-11-20)19-16(21)6-9-18/h2-5,14H,6-12H2,1H3,(H,19,21). The van der Waals surface area contributed by atoms with E-state index in [0.29, 0.717) is 31.8 Å². The number of piperidine rings is 1. The zero-order chi connectivity index (χ0) is 16.7. The molecule has 23 heavy (non-hydrogen) atoms. The summed E-state index contributed by atoms with van der Waals surface area (Å²) in [6.45, 7) is 1.36. The summed E-state index contributed by atoms with van der Waals surface area (Å²) in [6, 6.07) is 7.70. The first-order valence-electron chi connectivity index (χ1n) is 7.88. The maximum atomic E-state index is 12.3. The van der Waals surface area contributed by atoms with Crippen LogP contribution in [0.2, 0.25) is 0 Å². The monoisotopic (exact) mass is 338 g/mol. The number of halogens is 1. The molecule has 1 aromatic rings. The van der Waals surface area contributed by atoms with Crippen LogP contribution in [0.1, 0.15) is 24.8 Å². The number of benzene rings is 1. The summed E-state index contributed by atoms with van der Waals surface area (Å²) in [4.78, 5) is 25.7. The minimum absolute atomic E-state index is 0.0111. The highest BCUT2D eigenvalue weighted by molar-refractivity contribution is 6.18. The third-order valence-electron chi connectivity index (χ3n) is 4.05. The van der Waals surface area contributed by atoms with Crippen LogP contribution in [0.3, 0.4) is 0 Å². The van der Waals surface area contributed by atoms with Crippen LogP contribution in [0.5, 0.6) is 5.75 Å². The Bertz CT molecular complexity index is 525. The molecule has 1 fully saturated rings. The summed E-state index contributed by atoms with van der Waals surface area (Å²) in [5.74, 6) is 1.24. The Morgan fingerprint density at radius 1 is 1.26 bits per heavy atom. The summed E-state index contributed by atoms with van der Waals surface area (Å²) in [5, 5.41) is 2.97. The van der Waals surface area contributed by atoms with Crippen LogP contribution in [-0.2, 0) is 16.0 Å². The van der Waals surface area contributed by atoms with Gasteiger partial charge in [0.1, 0.15) is 5.75 Å². The average molecular weight is 339 g/mol. The Hall–Kier alpha value is -1.75. The number of methoxy groups -OCH3 is 1. The van der Waals surface area contributed by atoms with Crippen molar-refractivity contribution < 1.29 is 14.3 Å².